The Kier molecular flexibility index (Phi) is 4.52. The summed E-state index contributed by atoms with van der Waals surface area (Å²) < 4.78 is 13.8. The summed E-state index contributed by atoms with van der Waals surface area (Å²) in [5.74, 6) is -0.702. The van der Waals surface area contributed by atoms with E-state index in [-0.39, 0.29) is 11.7 Å². The van der Waals surface area contributed by atoms with Gasteiger partial charge in [-0.3, -0.25) is 4.79 Å². The van der Waals surface area contributed by atoms with E-state index in [4.69, 9.17) is 0 Å². The lowest BCUT2D eigenvalue weighted by atomic mass is 10.1. The van der Waals surface area contributed by atoms with E-state index >= 15 is 0 Å². The zero-order valence-corrected chi connectivity index (χ0v) is 14.4. The molecule has 2 heterocycles. The highest BCUT2D eigenvalue weighted by Gasteiger charge is 2.17. The number of carbonyl (C=O) groups excluding carboxylic acids is 1. The van der Waals surface area contributed by atoms with E-state index in [0.717, 1.165) is 42.5 Å². The predicted molar refractivity (Wildman–Crippen MR) is 102 cm³/mol. The molecule has 1 fully saturated rings. The van der Waals surface area contributed by atoms with Crippen LogP contribution < -0.4 is 10.2 Å². The molecular formula is C21H20FN3O. The molecule has 1 aliphatic heterocycles. The van der Waals surface area contributed by atoms with Crippen LogP contribution in [0.1, 0.15) is 29.8 Å². The van der Waals surface area contributed by atoms with Crippen molar-refractivity contribution in [1.29, 1.82) is 0 Å². The van der Waals surface area contributed by atoms with Crippen molar-refractivity contribution in [2.75, 3.05) is 23.3 Å². The molecule has 0 saturated carbocycles. The van der Waals surface area contributed by atoms with Crippen molar-refractivity contribution in [3.63, 3.8) is 0 Å². The number of para-hydroxylation sites is 1. The molecular weight excluding hydrogens is 329 g/mol. The maximum absolute atomic E-state index is 13.8. The average Bonchev–Trinajstić information content (AvgIpc) is 2.68. The van der Waals surface area contributed by atoms with Crippen LogP contribution in [0.3, 0.4) is 0 Å². The van der Waals surface area contributed by atoms with E-state index in [2.05, 4.69) is 15.2 Å². The Labute approximate surface area is 151 Å². The van der Waals surface area contributed by atoms with Crippen LogP contribution in [0.2, 0.25) is 0 Å². The normalized spacial score (nSPS) is 14.4. The predicted octanol–water partition coefficient (Wildman–Crippen LogP) is 4.62. The first kappa shape index (κ1) is 16.5. The minimum Gasteiger partial charge on any atom is -0.370 e. The number of piperidine rings is 1. The number of pyridine rings is 1. The highest BCUT2D eigenvalue weighted by atomic mass is 19.1. The third kappa shape index (κ3) is 3.38. The molecule has 0 unspecified atom stereocenters. The van der Waals surface area contributed by atoms with Crippen molar-refractivity contribution in [1.82, 2.24) is 4.98 Å². The Balaban J connectivity index is 1.62. The van der Waals surface area contributed by atoms with E-state index in [9.17, 15) is 9.18 Å². The minimum absolute atomic E-state index is 0.317. The summed E-state index contributed by atoms with van der Waals surface area (Å²) in [7, 11) is 0. The third-order valence-corrected chi connectivity index (χ3v) is 4.73. The zero-order chi connectivity index (χ0) is 17.9. The minimum atomic E-state index is -0.368. The van der Waals surface area contributed by atoms with Gasteiger partial charge in [0.1, 0.15) is 11.5 Å². The second kappa shape index (κ2) is 7.12. The lowest BCUT2D eigenvalue weighted by Crippen LogP contribution is -2.30. The SMILES string of the molecule is O=C(Nc1cc(F)ccc1N1CCCCC1)c1ccc2ccccc2n1. The Morgan fingerprint density at radius 1 is 1.00 bits per heavy atom. The molecule has 1 saturated heterocycles. The van der Waals surface area contributed by atoms with Gasteiger partial charge in [-0.2, -0.15) is 0 Å². The van der Waals surface area contributed by atoms with Crippen LogP contribution in [0.25, 0.3) is 10.9 Å². The lowest BCUT2D eigenvalue weighted by molar-refractivity contribution is 0.102. The van der Waals surface area contributed by atoms with Crippen LogP contribution in [0, 0.1) is 5.82 Å². The highest BCUT2D eigenvalue weighted by molar-refractivity contribution is 6.05. The van der Waals surface area contributed by atoms with Gasteiger partial charge in [0.2, 0.25) is 0 Å². The molecule has 0 aliphatic carbocycles. The van der Waals surface area contributed by atoms with Gasteiger partial charge in [0, 0.05) is 18.5 Å². The van der Waals surface area contributed by atoms with Gasteiger partial charge in [-0.25, -0.2) is 9.37 Å². The molecule has 4 nitrogen and oxygen atoms in total. The Morgan fingerprint density at radius 2 is 1.81 bits per heavy atom. The van der Waals surface area contributed by atoms with Gasteiger partial charge >= 0.3 is 0 Å². The van der Waals surface area contributed by atoms with Gasteiger partial charge in [-0.05, 0) is 49.6 Å². The van der Waals surface area contributed by atoms with Crippen molar-refractivity contribution in [2.45, 2.75) is 19.3 Å². The Morgan fingerprint density at radius 3 is 2.65 bits per heavy atom. The maximum atomic E-state index is 13.8. The van der Waals surface area contributed by atoms with Crippen molar-refractivity contribution in [3.8, 4) is 0 Å². The summed E-state index contributed by atoms with van der Waals surface area (Å²) in [4.78, 5) is 19.3. The number of rotatable bonds is 3. The summed E-state index contributed by atoms with van der Waals surface area (Å²) in [5, 5.41) is 3.82. The maximum Gasteiger partial charge on any atom is 0.274 e. The first-order valence-electron chi connectivity index (χ1n) is 8.92. The molecule has 1 aromatic heterocycles. The van der Waals surface area contributed by atoms with Crippen LogP contribution in [-0.2, 0) is 0 Å². The smallest absolute Gasteiger partial charge is 0.274 e. The number of anilines is 2. The Hall–Kier alpha value is -2.95. The van der Waals surface area contributed by atoms with Crippen molar-refractivity contribution in [2.24, 2.45) is 0 Å². The summed E-state index contributed by atoms with van der Waals surface area (Å²) in [5.41, 5.74) is 2.43. The average molecular weight is 349 g/mol. The zero-order valence-electron chi connectivity index (χ0n) is 14.4. The molecule has 132 valence electrons. The van der Waals surface area contributed by atoms with E-state index in [0.29, 0.717) is 11.4 Å². The van der Waals surface area contributed by atoms with Crippen LogP contribution in [0.5, 0.6) is 0 Å². The van der Waals surface area contributed by atoms with Gasteiger partial charge in [-0.15, -0.1) is 0 Å². The number of nitrogens with zero attached hydrogens (tertiary/aromatic N) is 2. The number of hydrogen-bond donors (Lipinski definition) is 1. The van der Waals surface area contributed by atoms with Crippen LogP contribution >= 0.6 is 0 Å². The third-order valence-electron chi connectivity index (χ3n) is 4.73. The van der Waals surface area contributed by atoms with Crippen molar-refractivity contribution in [3.05, 3.63) is 66.1 Å². The standard InChI is InChI=1S/C21H20FN3O/c22-16-9-11-20(25-12-4-1-5-13-25)19(14-16)24-21(26)18-10-8-15-6-2-3-7-17(15)23-18/h2-3,6-11,14H,1,4-5,12-13H2,(H,24,26). The summed E-state index contributed by atoms with van der Waals surface area (Å²) >= 11 is 0. The number of amides is 1. The van der Waals surface area contributed by atoms with E-state index in [1.807, 2.05) is 30.3 Å². The molecule has 0 atom stereocenters. The summed E-state index contributed by atoms with van der Waals surface area (Å²) in [6, 6.07) is 15.8. The van der Waals surface area contributed by atoms with Gasteiger partial charge in [-0.1, -0.05) is 24.3 Å². The number of aromatic nitrogens is 1. The van der Waals surface area contributed by atoms with Crippen LogP contribution in [0.4, 0.5) is 15.8 Å². The molecule has 0 radical (unpaired) electrons. The molecule has 1 N–H and O–H groups in total. The number of hydrogen-bond acceptors (Lipinski definition) is 3. The van der Waals surface area contributed by atoms with Gasteiger partial charge in [0.25, 0.3) is 5.91 Å². The largest absolute Gasteiger partial charge is 0.370 e. The molecule has 1 aliphatic rings. The number of fused-ring (bicyclic) bond motifs is 1. The molecule has 1 amide bonds. The first-order valence-corrected chi connectivity index (χ1v) is 8.92. The van der Waals surface area contributed by atoms with Gasteiger partial charge < -0.3 is 10.2 Å². The monoisotopic (exact) mass is 349 g/mol. The summed E-state index contributed by atoms with van der Waals surface area (Å²) in [6.07, 6.45) is 3.42. The van der Waals surface area contributed by atoms with Crippen LogP contribution in [-0.4, -0.2) is 24.0 Å². The van der Waals surface area contributed by atoms with E-state index < -0.39 is 0 Å². The first-order chi connectivity index (χ1) is 12.7. The molecule has 2 aromatic carbocycles. The topological polar surface area (TPSA) is 45.2 Å². The van der Waals surface area contributed by atoms with E-state index in [1.54, 1.807) is 12.1 Å². The fourth-order valence-corrected chi connectivity index (χ4v) is 3.40. The number of benzene rings is 2. The van der Waals surface area contributed by atoms with Crippen molar-refractivity contribution < 1.29 is 9.18 Å². The van der Waals surface area contributed by atoms with Crippen molar-refractivity contribution >= 4 is 28.2 Å². The van der Waals surface area contributed by atoms with E-state index in [1.165, 1.54) is 18.6 Å². The molecule has 0 spiro atoms. The van der Waals surface area contributed by atoms with Gasteiger partial charge in [0.15, 0.2) is 0 Å². The molecule has 0 bridgehead atoms. The molecule has 5 heteroatoms. The molecule has 4 rings (SSSR count). The quantitative estimate of drug-likeness (QED) is 0.751. The number of carbonyl (C=O) groups is 1. The number of nitrogens with one attached hydrogen (secondary N) is 1. The fraction of sp³-hybridized carbons (Fsp3) is 0.238. The van der Waals surface area contributed by atoms with Gasteiger partial charge in [0.05, 0.1) is 16.9 Å². The molecule has 26 heavy (non-hydrogen) atoms. The summed E-state index contributed by atoms with van der Waals surface area (Å²) in [6.45, 7) is 1.84. The fourth-order valence-electron chi connectivity index (χ4n) is 3.40. The number of halogens is 1. The second-order valence-electron chi connectivity index (χ2n) is 6.55. The Bertz CT molecular complexity index is 951. The second-order valence-corrected chi connectivity index (χ2v) is 6.55. The molecule has 3 aromatic rings. The van der Waals surface area contributed by atoms with Crippen LogP contribution in [0.15, 0.2) is 54.6 Å². The lowest BCUT2D eigenvalue weighted by Gasteiger charge is -2.30. The highest BCUT2D eigenvalue weighted by Crippen LogP contribution is 2.29.